The third-order valence-corrected chi connectivity index (χ3v) is 7.36. The Morgan fingerprint density at radius 1 is 1.03 bits per heavy atom. The molecule has 1 atom stereocenters. The average Bonchev–Trinajstić information content (AvgIpc) is 2.80. The lowest BCUT2D eigenvalue weighted by Gasteiger charge is -2.31. The third-order valence-electron chi connectivity index (χ3n) is 5.96. The van der Waals surface area contributed by atoms with Crippen LogP contribution in [0.25, 0.3) is 0 Å². The number of benzene rings is 2. The van der Waals surface area contributed by atoms with Gasteiger partial charge in [0.2, 0.25) is 21.8 Å². The minimum atomic E-state index is -3.77. The smallest absolute Gasteiger partial charge is 0.244 e. The first-order valence-corrected chi connectivity index (χ1v) is 14.4. The molecule has 2 aromatic rings. The number of amides is 2. The highest BCUT2D eigenvalue weighted by molar-refractivity contribution is 7.92. The molecule has 9 heteroatoms. The lowest BCUT2D eigenvalue weighted by atomic mass is 9.87. The molecule has 1 N–H and O–H groups in total. The van der Waals surface area contributed by atoms with E-state index in [1.165, 1.54) is 4.90 Å². The first kappa shape index (κ1) is 29.6. The molecule has 0 aromatic heterocycles. The number of nitrogens with zero attached hydrogens (tertiary/aromatic N) is 2. The highest BCUT2D eigenvalue weighted by Gasteiger charge is 2.30. The first-order chi connectivity index (χ1) is 16.7. The molecule has 2 amide bonds. The Morgan fingerprint density at radius 2 is 1.61 bits per heavy atom. The molecule has 0 aliphatic carbocycles. The Balaban J connectivity index is 2.35. The fourth-order valence-electron chi connectivity index (χ4n) is 3.65. The number of rotatable bonds is 11. The van der Waals surface area contributed by atoms with E-state index in [0.717, 1.165) is 34.5 Å². The first-order valence-electron chi connectivity index (χ1n) is 12.1. The molecule has 2 aromatic carbocycles. The van der Waals surface area contributed by atoms with Crippen LogP contribution in [0, 0.1) is 0 Å². The fraction of sp³-hybridized carbons (Fsp3) is 0.481. The lowest BCUT2D eigenvalue weighted by molar-refractivity contribution is -0.139. The van der Waals surface area contributed by atoms with E-state index >= 15 is 0 Å². The largest absolute Gasteiger partial charge is 0.354 e. The molecule has 0 aliphatic heterocycles. The van der Waals surface area contributed by atoms with Crippen LogP contribution in [0.1, 0.15) is 58.6 Å². The molecular weight excluding hydrogens is 498 g/mol. The summed E-state index contributed by atoms with van der Waals surface area (Å²) in [4.78, 5) is 27.8. The van der Waals surface area contributed by atoms with Crippen molar-refractivity contribution in [3.63, 3.8) is 0 Å². The lowest BCUT2D eigenvalue weighted by Crippen LogP contribution is -2.51. The number of hydrogen-bond donors (Lipinski definition) is 1. The van der Waals surface area contributed by atoms with Crippen molar-refractivity contribution in [2.45, 2.75) is 65.5 Å². The highest BCUT2D eigenvalue weighted by atomic mass is 35.5. The predicted molar refractivity (Wildman–Crippen MR) is 147 cm³/mol. The van der Waals surface area contributed by atoms with Crippen molar-refractivity contribution < 1.29 is 18.0 Å². The Hall–Kier alpha value is -2.58. The maximum absolute atomic E-state index is 13.6. The van der Waals surface area contributed by atoms with Gasteiger partial charge < -0.3 is 10.2 Å². The van der Waals surface area contributed by atoms with Gasteiger partial charge in [0.05, 0.1) is 11.9 Å². The number of unbranched alkanes of at least 4 members (excludes halogenated alkanes) is 1. The van der Waals surface area contributed by atoms with Crippen LogP contribution < -0.4 is 9.62 Å². The van der Waals surface area contributed by atoms with Crippen molar-refractivity contribution in [1.29, 1.82) is 0 Å². The van der Waals surface area contributed by atoms with E-state index in [1.54, 1.807) is 43.3 Å². The fourth-order valence-corrected chi connectivity index (χ4v) is 4.62. The zero-order valence-corrected chi connectivity index (χ0v) is 23.6. The van der Waals surface area contributed by atoms with Crippen molar-refractivity contribution in [2.75, 3.05) is 23.7 Å². The van der Waals surface area contributed by atoms with Gasteiger partial charge in [-0.05, 0) is 54.2 Å². The summed E-state index contributed by atoms with van der Waals surface area (Å²) < 4.78 is 26.5. The number of hydrogen-bond acceptors (Lipinski definition) is 4. The summed E-state index contributed by atoms with van der Waals surface area (Å²) in [6.45, 7) is 10.1. The summed E-state index contributed by atoms with van der Waals surface area (Å²) in [5.41, 5.74) is 2.12. The van der Waals surface area contributed by atoms with Crippen LogP contribution in [0.2, 0.25) is 5.02 Å². The van der Waals surface area contributed by atoms with Crippen molar-refractivity contribution in [3.8, 4) is 0 Å². The zero-order chi connectivity index (χ0) is 27.1. The van der Waals surface area contributed by atoms with Crippen LogP contribution in [0.15, 0.2) is 48.5 Å². The molecule has 0 fully saturated rings. The summed E-state index contributed by atoms with van der Waals surface area (Å²) in [5, 5.41) is 3.42. The van der Waals surface area contributed by atoms with Gasteiger partial charge in [-0.3, -0.25) is 13.9 Å². The van der Waals surface area contributed by atoms with Crippen molar-refractivity contribution in [3.05, 3.63) is 64.7 Å². The van der Waals surface area contributed by atoms with E-state index in [2.05, 4.69) is 26.1 Å². The molecule has 0 spiro atoms. The normalized spacial score (nSPS) is 12.6. The predicted octanol–water partition coefficient (Wildman–Crippen LogP) is 4.74. The highest BCUT2D eigenvalue weighted by Crippen LogP contribution is 2.26. The van der Waals surface area contributed by atoms with Crippen molar-refractivity contribution in [1.82, 2.24) is 10.2 Å². The Kier molecular flexibility index (Phi) is 10.4. The summed E-state index contributed by atoms with van der Waals surface area (Å²) >= 11 is 6.00. The van der Waals surface area contributed by atoms with Crippen LogP contribution in [-0.4, -0.2) is 50.5 Å². The molecule has 0 saturated heterocycles. The number of carbonyl (C=O) groups excluding carboxylic acids is 2. The monoisotopic (exact) mass is 535 g/mol. The second-order valence-electron chi connectivity index (χ2n) is 10.0. The molecule has 7 nitrogen and oxygen atoms in total. The number of anilines is 1. The average molecular weight is 536 g/mol. The van der Waals surface area contributed by atoms with E-state index in [-0.39, 0.29) is 17.9 Å². The van der Waals surface area contributed by atoms with Crippen molar-refractivity contribution in [2.24, 2.45) is 0 Å². The van der Waals surface area contributed by atoms with Crippen LogP contribution in [-0.2, 0) is 31.6 Å². The van der Waals surface area contributed by atoms with Gasteiger partial charge in [0.15, 0.2) is 0 Å². The summed E-state index contributed by atoms with van der Waals surface area (Å²) in [5.74, 6) is -0.764. The van der Waals surface area contributed by atoms with E-state index in [0.29, 0.717) is 17.3 Å². The summed E-state index contributed by atoms with van der Waals surface area (Å²) in [7, 11) is -3.77. The minimum absolute atomic E-state index is 0.0970. The second kappa shape index (κ2) is 12.6. The number of nitrogens with one attached hydrogen (secondary N) is 1. The summed E-state index contributed by atoms with van der Waals surface area (Å²) in [6, 6.07) is 13.3. The van der Waals surface area contributed by atoms with Crippen LogP contribution >= 0.6 is 11.6 Å². The number of carbonyl (C=O) groups is 2. The molecule has 0 heterocycles. The van der Waals surface area contributed by atoms with Gasteiger partial charge in [-0.2, -0.15) is 0 Å². The third kappa shape index (κ3) is 8.52. The van der Waals surface area contributed by atoms with E-state index in [9.17, 15) is 18.0 Å². The molecule has 0 bridgehead atoms. The maximum Gasteiger partial charge on any atom is 0.244 e. The molecule has 198 valence electrons. The van der Waals surface area contributed by atoms with Crippen molar-refractivity contribution >= 4 is 39.1 Å². The SMILES string of the molecule is CCCCNC(=O)[C@H](C)N(Cc1ccc(Cl)cc1)C(=O)CN(c1ccc(C(C)(C)C)cc1)S(C)(=O)=O. The number of sulfonamides is 1. The minimum Gasteiger partial charge on any atom is -0.354 e. The topological polar surface area (TPSA) is 86.8 Å². The molecular formula is C27H38ClN3O4S. The van der Waals surface area contributed by atoms with Gasteiger partial charge in [0.1, 0.15) is 12.6 Å². The van der Waals surface area contributed by atoms with E-state index in [1.807, 2.05) is 19.1 Å². The summed E-state index contributed by atoms with van der Waals surface area (Å²) in [6.07, 6.45) is 2.83. The van der Waals surface area contributed by atoms with E-state index in [4.69, 9.17) is 11.6 Å². The van der Waals surface area contributed by atoms with E-state index < -0.39 is 28.5 Å². The zero-order valence-electron chi connectivity index (χ0n) is 22.0. The van der Waals surface area contributed by atoms with Gasteiger partial charge in [0, 0.05) is 18.1 Å². The quantitative estimate of drug-likeness (QED) is 0.421. The van der Waals surface area contributed by atoms with Gasteiger partial charge in [-0.25, -0.2) is 8.42 Å². The molecule has 36 heavy (non-hydrogen) atoms. The molecule has 0 aliphatic rings. The van der Waals surface area contributed by atoms with Gasteiger partial charge in [-0.15, -0.1) is 0 Å². The second-order valence-corrected chi connectivity index (χ2v) is 12.4. The molecule has 0 unspecified atom stereocenters. The van der Waals surface area contributed by atoms with Gasteiger partial charge >= 0.3 is 0 Å². The Labute approximate surface area is 220 Å². The van der Waals surface area contributed by atoms with Gasteiger partial charge in [0.25, 0.3) is 0 Å². The van der Waals surface area contributed by atoms with Gasteiger partial charge in [-0.1, -0.05) is 70.0 Å². The van der Waals surface area contributed by atoms with Crippen LogP contribution in [0.5, 0.6) is 0 Å². The Bertz CT molecular complexity index is 1130. The van der Waals surface area contributed by atoms with Crippen LogP contribution in [0.3, 0.4) is 0 Å². The molecule has 0 radical (unpaired) electrons. The molecule has 0 saturated carbocycles. The standard InChI is InChI=1S/C27H38ClN3O4S/c1-7-8-17-29-26(33)20(2)30(18-21-9-13-23(28)14-10-21)25(32)19-31(36(6,34)35)24-15-11-22(12-16-24)27(3,4)5/h9-16,20H,7-8,17-19H2,1-6H3,(H,29,33)/t20-/m0/s1. The number of halogens is 1. The molecule has 2 rings (SSSR count). The van der Waals surface area contributed by atoms with Crippen LogP contribution in [0.4, 0.5) is 5.69 Å². The maximum atomic E-state index is 13.6. The Morgan fingerprint density at radius 3 is 2.11 bits per heavy atom.